The van der Waals surface area contributed by atoms with E-state index in [2.05, 4.69) is 26.8 Å². The van der Waals surface area contributed by atoms with Gasteiger partial charge in [0.2, 0.25) is 0 Å². The summed E-state index contributed by atoms with van der Waals surface area (Å²) in [6.07, 6.45) is 6.62. The van der Waals surface area contributed by atoms with E-state index < -0.39 is 0 Å². The molecule has 1 N–H and O–H groups in total. The zero-order valence-corrected chi connectivity index (χ0v) is 9.59. The Labute approximate surface area is 87.2 Å². The highest BCUT2D eigenvalue weighted by Crippen LogP contribution is 2.52. The number of rotatable bonds is 0. The Morgan fingerprint density at radius 1 is 1.43 bits per heavy atom. The van der Waals surface area contributed by atoms with Crippen molar-refractivity contribution in [1.82, 2.24) is 0 Å². The molecule has 1 saturated carbocycles. The highest BCUT2D eigenvalue weighted by molar-refractivity contribution is 5.22. The summed E-state index contributed by atoms with van der Waals surface area (Å²) in [4.78, 5) is 0. The van der Waals surface area contributed by atoms with Gasteiger partial charge in [-0.2, -0.15) is 0 Å². The molecule has 0 aliphatic heterocycles. The first kappa shape index (κ1) is 10.2. The largest absolute Gasteiger partial charge is 0.393 e. The van der Waals surface area contributed by atoms with E-state index in [-0.39, 0.29) is 6.10 Å². The average molecular weight is 194 g/mol. The van der Waals surface area contributed by atoms with E-state index in [4.69, 9.17) is 0 Å². The number of aliphatic hydroxyl groups is 1. The third-order valence-electron chi connectivity index (χ3n) is 4.78. The second-order valence-electron chi connectivity index (χ2n) is 5.55. The van der Waals surface area contributed by atoms with Gasteiger partial charge in [-0.3, -0.25) is 0 Å². The van der Waals surface area contributed by atoms with E-state index in [0.29, 0.717) is 5.41 Å². The van der Waals surface area contributed by atoms with Crippen molar-refractivity contribution in [3.8, 4) is 0 Å². The molecular weight excluding hydrogens is 172 g/mol. The molecule has 0 aromatic rings. The second kappa shape index (κ2) is 3.37. The molecule has 1 heteroatoms. The minimum atomic E-state index is -0.0741. The highest BCUT2D eigenvalue weighted by atomic mass is 16.3. The lowest BCUT2D eigenvalue weighted by molar-refractivity contribution is 0.0631. The SMILES string of the molecule is C[C@@H]1CC=C2C[C@H](O)CC[C@]2(C)[C@@H]1C. The third kappa shape index (κ3) is 1.42. The molecule has 4 atom stereocenters. The van der Waals surface area contributed by atoms with Gasteiger partial charge in [-0.25, -0.2) is 0 Å². The summed E-state index contributed by atoms with van der Waals surface area (Å²) in [6.45, 7) is 7.13. The normalized spacial score (nSPS) is 48.3. The van der Waals surface area contributed by atoms with Crippen molar-refractivity contribution >= 4 is 0 Å². The molecule has 14 heavy (non-hydrogen) atoms. The molecule has 2 aliphatic rings. The minimum absolute atomic E-state index is 0.0741. The van der Waals surface area contributed by atoms with Gasteiger partial charge >= 0.3 is 0 Å². The monoisotopic (exact) mass is 194 g/mol. The van der Waals surface area contributed by atoms with Crippen molar-refractivity contribution in [2.45, 2.75) is 52.6 Å². The van der Waals surface area contributed by atoms with Crippen LogP contribution in [0, 0.1) is 17.3 Å². The molecular formula is C13H22O. The van der Waals surface area contributed by atoms with Crippen LogP contribution in [0.5, 0.6) is 0 Å². The first-order chi connectivity index (χ1) is 6.54. The Balaban J connectivity index is 2.28. The number of hydrogen-bond donors (Lipinski definition) is 1. The maximum absolute atomic E-state index is 9.67. The van der Waals surface area contributed by atoms with Crippen molar-refractivity contribution in [2.75, 3.05) is 0 Å². The topological polar surface area (TPSA) is 20.2 Å². The first-order valence-electron chi connectivity index (χ1n) is 5.91. The fraction of sp³-hybridized carbons (Fsp3) is 0.846. The third-order valence-corrected chi connectivity index (χ3v) is 4.78. The number of aliphatic hydroxyl groups excluding tert-OH is 1. The summed E-state index contributed by atoms with van der Waals surface area (Å²) in [5, 5.41) is 9.67. The van der Waals surface area contributed by atoms with Gasteiger partial charge in [0.15, 0.2) is 0 Å². The quantitative estimate of drug-likeness (QED) is 0.587. The first-order valence-corrected chi connectivity index (χ1v) is 5.91. The lowest BCUT2D eigenvalue weighted by Gasteiger charge is -2.48. The smallest absolute Gasteiger partial charge is 0.0577 e. The van der Waals surface area contributed by atoms with E-state index in [1.54, 1.807) is 0 Å². The Hall–Kier alpha value is -0.300. The lowest BCUT2D eigenvalue weighted by Crippen LogP contribution is -2.40. The van der Waals surface area contributed by atoms with Gasteiger partial charge in [-0.15, -0.1) is 0 Å². The van der Waals surface area contributed by atoms with Crippen LogP contribution in [-0.2, 0) is 0 Å². The van der Waals surface area contributed by atoms with Gasteiger partial charge in [-0.1, -0.05) is 32.4 Å². The van der Waals surface area contributed by atoms with Gasteiger partial charge in [0.1, 0.15) is 0 Å². The lowest BCUT2D eigenvalue weighted by atomic mass is 9.58. The molecule has 2 rings (SSSR count). The zero-order valence-electron chi connectivity index (χ0n) is 9.59. The number of fused-ring (bicyclic) bond motifs is 1. The molecule has 0 amide bonds. The van der Waals surface area contributed by atoms with Crippen molar-refractivity contribution in [1.29, 1.82) is 0 Å². The van der Waals surface area contributed by atoms with Crippen LogP contribution in [0.4, 0.5) is 0 Å². The van der Waals surface area contributed by atoms with Crippen LogP contribution in [0.2, 0.25) is 0 Å². The highest BCUT2D eigenvalue weighted by Gasteiger charge is 2.42. The van der Waals surface area contributed by atoms with E-state index >= 15 is 0 Å². The molecule has 0 heterocycles. The van der Waals surface area contributed by atoms with E-state index in [0.717, 1.165) is 24.7 Å². The molecule has 0 spiro atoms. The fourth-order valence-electron chi connectivity index (χ4n) is 3.21. The van der Waals surface area contributed by atoms with Crippen LogP contribution in [0.1, 0.15) is 46.5 Å². The maximum Gasteiger partial charge on any atom is 0.0577 e. The predicted molar refractivity (Wildman–Crippen MR) is 59.0 cm³/mol. The summed E-state index contributed by atoms with van der Waals surface area (Å²) in [7, 11) is 0. The fourth-order valence-corrected chi connectivity index (χ4v) is 3.21. The van der Waals surface area contributed by atoms with Gasteiger partial charge < -0.3 is 5.11 Å². The Kier molecular flexibility index (Phi) is 2.46. The van der Waals surface area contributed by atoms with E-state index in [9.17, 15) is 5.11 Å². The van der Waals surface area contributed by atoms with Crippen LogP contribution in [-0.4, -0.2) is 11.2 Å². The summed E-state index contributed by atoms with van der Waals surface area (Å²) in [5.41, 5.74) is 1.92. The molecule has 0 saturated heterocycles. The minimum Gasteiger partial charge on any atom is -0.393 e. The molecule has 2 aliphatic carbocycles. The van der Waals surface area contributed by atoms with Gasteiger partial charge in [-0.05, 0) is 42.9 Å². The van der Waals surface area contributed by atoms with Crippen LogP contribution in [0.15, 0.2) is 11.6 Å². The molecule has 1 nitrogen and oxygen atoms in total. The number of allylic oxidation sites excluding steroid dienone is 1. The van der Waals surface area contributed by atoms with Gasteiger partial charge in [0.25, 0.3) is 0 Å². The second-order valence-corrected chi connectivity index (χ2v) is 5.55. The van der Waals surface area contributed by atoms with Crippen molar-refractivity contribution in [3.05, 3.63) is 11.6 Å². The molecule has 80 valence electrons. The van der Waals surface area contributed by atoms with Crippen LogP contribution in [0.25, 0.3) is 0 Å². The molecule has 0 radical (unpaired) electrons. The molecule has 0 unspecified atom stereocenters. The Bertz CT molecular complexity index is 256. The summed E-state index contributed by atoms with van der Waals surface area (Å²) in [6, 6.07) is 0. The standard InChI is InChI=1S/C13H22O/c1-9-4-5-11-8-12(14)6-7-13(11,3)10(9)2/h5,9-10,12,14H,4,6-8H2,1-3H3/t9-,10-,12-,13-/m1/s1. The Morgan fingerprint density at radius 2 is 2.14 bits per heavy atom. The summed E-state index contributed by atoms with van der Waals surface area (Å²) in [5.74, 6) is 1.58. The van der Waals surface area contributed by atoms with Crippen molar-refractivity contribution in [3.63, 3.8) is 0 Å². The van der Waals surface area contributed by atoms with E-state index in [1.165, 1.54) is 18.4 Å². The van der Waals surface area contributed by atoms with Gasteiger partial charge in [0, 0.05) is 0 Å². The summed E-state index contributed by atoms with van der Waals surface area (Å²) < 4.78 is 0. The van der Waals surface area contributed by atoms with Crippen LogP contribution in [0.3, 0.4) is 0 Å². The molecule has 1 fully saturated rings. The van der Waals surface area contributed by atoms with Gasteiger partial charge in [0.05, 0.1) is 6.10 Å². The predicted octanol–water partition coefficient (Wildman–Crippen LogP) is 3.14. The Morgan fingerprint density at radius 3 is 2.86 bits per heavy atom. The van der Waals surface area contributed by atoms with Crippen molar-refractivity contribution in [2.24, 2.45) is 17.3 Å². The number of hydrogen-bond acceptors (Lipinski definition) is 1. The zero-order chi connectivity index (χ0) is 10.3. The van der Waals surface area contributed by atoms with Crippen LogP contribution >= 0.6 is 0 Å². The average Bonchev–Trinajstić information content (AvgIpc) is 2.16. The van der Waals surface area contributed by atoms with E-state index in [1.807, 2.05) is 0 Å². The molecule has 0 bridgehead atoms. The molecule has 0 aromatic heterocycles. The maximum atomic E-state index is 9.67. The molecule has 0 aromatic carbocycles. The van der Waals surface area contributed by atoms with Crippen molar-refractivity contribution < 1.29 is 5.11 Å². The summed E-state index contributed by atoms with van der Waals surface area (Å²) >= 11 is 0. The van der Waals surface area contributed by atoms with Crippen LogP contribution < -0.4 is 0 Å².